The van der Waals surface area contributed by atoms with Gasteiger partial charge in [-0.05, 0) is 148 Å². The first-order chi connectivity index (χ1) is 39.0. The van der Waals surface area contributed by atoms with Crippen LogP contribution in [0.1, 0.15) is 252 Å². The molecule has 0 aromatic rings. The summed E-state index contributed by atoms with van der Waals surface area (Å²) in [6, 6.07) is 0. The number of carbonyl (C=O) groups is 3. The summed E-state index contributed by atoms with van der Waals surface area (Å²) in [4.78, 5) is 38.2. The predicted molar refractivity (Wildman–Crippen MR) is 343 cm³/mol. The van der Waals surface area contributed by atoms with Crippen LogP contribution >= 0.6 is 0 Å². The highest BCUT2D eigenvalue weighted by atomic mass is 16.6. The summed E-state index contributed by atoms with van der Waals surface area (Å²) in [5.74, 6) is -1.02. The lowest BCUT2D eigenvalue weighted by Crippen LogP contribution is -2.30. The molecule has 442 valence electrons. The Morgan fingerprint density at radius 2 is 0.506 bits per heavy atom. The number of hydrogen-bond acceptors (Lipinski definition) is 6. The van der Waals surface area contributed by atoms with E-state index in [0.29, 0.717) is 19.3 Å². The smallest absolute Gasteiger partial charge is 0.306 e. The number of hydrogen-bond donors (Lipinski definition) is 0. The van der Waals surface area contributed by atoms with Crippen LogP contribution in [-0.4, -0.2) is 37.2 Å². The summed E-state index contributed by atoms with van der Waals surface area (Å²) >= 11 is 0. The minimum absolute atomic E-state index is 0.120. The van der Waals surface area contributed by atoms with Crippen LogP contribution in [0, 0.1) is 0 Å². The van der Waals surface area contributed by atoms with Crippen molar-refractivity contribution in [3.63, 3.8) is 0 Å². The summed E-state index contributed by atoms with van der Waals surface area (Å²) in [5, 5.41) is 0. The van der Waals surface area contributed by atoms with Crippen molar-refractivity contribution in [2.75, 3.05) is 13.2 Å². The Kier molecular flexibility index (Phi) is 61.0. The Morgan fingerprint density at radius 1 is 0.266 bits per heavy atom. The molecule has 0 aliphatic heterocycles. The number of allylic oxidation sites excluding steroid dienone is 28. The lowest BCUT2D eigenvalue weighted by atomic mass is 10.1. The number of esters is 3. The Hall–Kier alpha value is -5.23. The van der Waals surface area contributed by atoms with Gasteiger partial charge in [-0.3, -0.25) is 14.4 Å². The quantitative estimate of drug-likeness (QED) is 0.0261. The third-order valence-electron chi connectivity index (χ3n) is 12.7. The van der Waals surface area contributed by atoms with E-state index in [1.54, 1.807) is 0 Å². The molecule has 0 amide bonds. The summed E-state index contributed by atoms with van der Waals surface area (Å²) in [7, 11) is 0. The summed E-state index contributed by atoms with van der Waals surface area (Å²) in [6.07, 6.45) is 96.5. The van der Waals surface area contributed by atoms with Crippen molar-refractivity contribution in [1.29, 1.82) is 0 Å². The van der Waals surface area contributed by atoms with Crippen molar-refractivity contribution in [2.45, 2.75) is 258 Å². The van der Waals surface area contributed by atoms with Gasteiger partial charge in [0.2, 0.25) is 0 Å². The van der Waals surface area contributed by atoms with E-state index in [0.717, 1.165) is 135 Å². The Morgan fingerprint density at radius 3 is 0.835 bits per heavy atom. The van der Waals surface area contributed by atoms with Crippen LogP contribution in [0.2, 0.25) is 0 Å². The predicted octanol–water partition coefficient (Wildman–Crippen LogP) is 21.9. The minimum Gasteiger partial charge on any atom is -0.462 e. The molecule has 0 aliphatic carbocycles. The Labute approximate surface area is 485 Å². The fourth-order valence-corrected chi connectivity index (χ4v) is 8.02. The van der Waals surface area contributed by atoms with Gasteiger partial charge in [0.1, 0.15) is 13.2 Å². The maximum absolute atomic E-state index is 12.9. The van der Waals surface area contributed by atoms with Crippen LogP contribution in [-0.2, 0) is 28.6 Å². The van der Waals surface area contributed by atoms with Crippen molar-refractivity contribution < 1.29 is 28.6 Å². The van der Waals surface area contributed by atoms with Crippen molar-refractivity contribution >= 4 is 17.9 Å². The maximum atomic E-state index is 12.9. The molecule has 1 atom stereocenters. The summed E-state index contributed by atoms with van der Waals surface area (Å²) in [5.41, 5.74) is 0. The highest BCUT2D eigenvalue weighted by molar-refractivity contribution is 5.71. The molecule has 0 rings (SSSR count). The molecule has 0 bridgehead atoms. The van der Waals surface area contributed by atoms with E-state index in [9.17, 15) is 14.4 Å². The zero-order valence-electron chi connectivity index (χ0n) is 50.6. The first-order valence-corrected chi connectivity index (χ1v) is 31.6. The van der Waals surface area contributed by atoms with Crippen molar-refractivity contribution in [3.8, 4) is 0 Å². The van der Waals surface area contributed by atoms with Crippen molar-refractivity contribution in [2.24, 2.45) is 0 Å². The molecule has 0 fully saturated rings. The SMILES string of the molecule is CC/C=C\C/C=C\C/C=C\C/C=C\C/C=C\C/C=C\C/C=C\C/C=C\C/C=C\CCCC(=O)OCC(COC(=O)CCCCC/C=C\C/C=C\C/C=C\CC)OC(=O)CCCCCCCCCCC/C=C\C/C=C\CCCCC. The molecule has 1 unspecified atom stereocenters. The van der Waals surface area contributed by atoms with Gasteiger partial charge < -0.3 is 14.2 Å². The largest absolute Gasteiger partial charge is 0.462 e. The summed E-state index contributed by atoms with van der Waals surface area (Å²) < 4.78 is 16.8. The van der Waals surface area contributed by atoms with Crippen LogP contribution in [0.3, 0.4) is 0 Å². The molecular formula is C73H114O6. The highest BCUT2D eigenvalue weighted by Crippen LogP contribution is 2.14. The zero-order chi connectivity index (χ0) is 57.1. The fourth-order valence-electron chi connectivity index (χ4n) is 8.02. The molecule has 0 saturated heterocycles. The topological polar surface area (TPSA) is 78.9 Å². The Balaban J connectivity index is 4.48. The third kappa shape index (κ3) is 63.5. The molecule has 0 spiro atoms. The molecule has 0 N–H and O–H groups in total. The average Bonchev–Trinajstić information content (AvgIpc) is 3.45. The number of ether oxygens (including phenoxy) is 3. The van der Waals surface area contributed by atoms with Crippen LogP contribution in [0.4, 0.5) is 0 Å². The van der Waals surface area contributed by atoms with Gasteiger partial charge in [0.25, 0.3) is 0 Å². The molecular weight excluding hydrogens is 973 g/mol. The normalized spacial score (nSPS) is 13.3. The van der Waals surface area contributed by atoms with Crippen LogP contribution in [0.25, 0.3) is 0 Å². The number of rotatable bonds is 55. The molecule has 0 radical (unpaired) electrons. The number of unbranched alkanes of at least 4 members (excludes halogenated alkanes) is 16. The second-order valence-electron chi connectivity index (χ2n) is 20.2. The van der Waals surface area contributed by atoms with E-state index in [4.69, 9.17) is 14.2 Å². The number of carbonyl (C=O) groups excluding carboxylic acids is 3. The lowest BCUT2D eigenvalue weighted by molar-refractivity contribution is -0.167. The van der Waals surface area contributed by atoms with Crippen molar-refractivity contribution in [3.05, 3.63) is 170 Å². The van der Waals surface area contributed by atoms with Crippen LogP contribution in [0.15, 0.2) is 170 Å². The molecule has 6 nitrogen and oxygen atoms in total. The van der Waals surface area contributed by atoms with Gasteiger partial charge in [-0.2, -0.15) is 0 Å². The van der Waals surface area contributed by atoms with Gasteiger partial charge >= 0.3 is 17.9 Å². The van der Waals surface area contributed by atoms with Gasteiger partial charge in [-0.1, -0.05) is 255 Å². The molecule has 0 saturated carbocycles. The van der Waals surface area contributed by atoms with E-state index in [2.05, 4.69) is 191 Å². The molecule has 0 heterocycles. The van der Waals surface area contributed by atoms with Gasteiger partial charge in [0, 0.05) is 19.3 Å². The monoisotopic (exact) mass is 1090 g/mol. The highest BCUT2D eigenvalue weighted by Gasteiger charge is 2.19. The van der Waals surface area contributed by atoms with Gasteiger partial charge in [-0.15, -0.1) is 0 Å². The molecule has 0 aromatic heterocycles. The van der Waals surface area contributed by atoms with E-state index in [1.165, 1.54) is 70.6 Å². The van der Waals surface area contributed by atoms with E-state index in [-0.39, 0.29) is 37.5 Å². The van der Waals surface area contributed by atoms with E-state index >= 15 is 0 Å². The second-order valence-corrected chi connectivity index (χ2v) is 20.2. The Bertz CT molecular complexity index is 1820. The fraction of sp³-hybridized carbons (Fsp3) is 0.575. The first-order valence-electron chi connectivity index (χ1n) is 31.6. The standard InChI is InChI=1S/C73H114O6/c1-4-7-10-13-16-19-22-25-27-29-31-32-33-34-35-36-37-38-39-40-42-43-45-48-51-54-57-60-63-66-72(75)78-69-70(68-77-71(74)65-62-59-56-53-50-47-24-21-18-15-12-9-6-3)79-73(76)67-64-61-58-55-52-49-46-44-41-30-28-26-23-20-17-14-11-8-5-2/h7,9-10,12,16-21,25-28,31-32,34-35,37-38,40,42,45,47-48,50,54,57,70H,4-6,8,11,13-15,22-24,29-30,33,36,39,41,43-44,46,49,51-53,55-56,58-69H2,1-3H3/b10-7-,12-9-,19-16-,20-17-,21-18-,27-25-,28-26-,32-31-,35-34-,38-37-,42-40-,48-45-,50-47-,57-54-. The molecule has 6 heteroatoms. The van der Waals surface area contributed by atoms with E-state index in [1.807, 2.05) is 0 Å². The lowest BCUT2D eigenvalue weighted by Gasteiger charge is -2.18. The molecule has 79 heavy (non-hydrogen) atoms. The van der Waals surface area contributed by atoms with Crippen molar-refractivity contribution in [1.82, 2.24) is 0 Å². The zero-order valence-corrected chi connectivity index (χ0v) is 50.6. The van der Waals surface area contributed by atoms with Crippen LogP contribution < -0.4 is 0 Å². The molecule has 0 aliphatic rings. The first kappa shape index (κ1) is 73.8. The van der Waals surface area contributed by atoms with Gasteiger partial charge in [0.15, 0.2) is 6.10 Å². The van der Waals surface area contributed by atoms with Crippen LogP contribution in [0.5, 0.6) is 0 Å². The third-order valence-corrected chi connectivity index (χ3v) is 12.7. The van der Waals surface area contributed by atoms with Gasteiger partial charge in [0.05, 0.1) is 0 Å². The van der Waals surface area contributed by atoms with E-state index < -0.39 is 6.10 Å². The maximum Gasteiger partial charge on any atom is 0.306 e. The van der Waals surface area contributed by atoms with Gasteiger partial charge in [-0.25, -0.2) is 0 Å². The molecule has 0 aromatic carbocycles. The second kappa shape index (κ2) is 65.3. The average molecular weight is 1090 g/mol. The summed E-state index contributed by atoms with van der Waals surface area (Å²) in [6.45, 7) is 6.30. The minimum atomic E-state index is -0.826.